The minimum absolute atomic E-state index is 0.478. The largest absolute Gasteiger partial charge is 0.449 e. The zero-order chi connectivity index (χ0) is 42.2. The van der Waals surface area contributed by atoms with Gasteiger partial charge in [0.15, 0.2) is 23.0 Å². The van der Waals surface area contributed by atoms with E-state index in [0.717, 1.165) is 33.8 Å². The molecule has 13 rings (SSSR count). The number of hydrogen-bond acceptors (Lipinski definition) is 3. The monoisotopic (exact) mass is 817 g/mol. The van der Waals surface area contributed by atoms with Crippen LogP contribution in [0.3, 0.4) is 0 Å². The average Bonchev–Trinajstić information content (AvgIpc) is 3.83. The van der Waals surface area contributed by atoms with Gasteiger partial charge < -0.3 is 14.4 Å². The first-order valence-electron chi connectivity index (χ1n) is 21.9. The molecule has 0 atom stereocenters. The van der Waals surface area contributed by atoms with Crippen molar-refractivity contribution in [2.45, 2.75) is 5.41 Å². The number of nitrogens with zero attached hydrogens (tertiary/aromatic N) is 1. The highest BCUT2D eigenvalue weighted by Gasteiger charge is 2.52. The Morgan fingerprint density at radius 3 is 1.34 bits per heavy atom. The van der Waals surface area contributed by atoms with E-state index in [1.165, 1.54) is 61.2 Å². The van der Waals surface area contributed by atoms with E-state index in [0.29, 0.717) is 23.0 Å². The molecule has 10 aromatic rings. The molecule has 300 valence electrons. The van der Waals surface area contributed by atoms with E-state index in [-0.39, 0.29) is 0 Å². The fraction of sp³-hybridized carbons (Fsp3) is 0.0164. The SMILES string of the molecule is c1ccc(-c2ccc(N(c3cccc(-c4cccc(-c5ccccc5)c4)c3)c3ccc4c(c3)Oc3cc5c(cc3O4)-c3ccccc3C53c4ccccc4-c4ccccc43)cc2)cc1. The van der Waals surface area contributed by atoms with Crippen molar-refractivity contribution >= 4 is 17.1 Å². The quantitative estimate of drug-likeness (QED) is 0.167. The fourth-order valence-corrected chi connectivity index (χ4v) is 10.5. The molecule has 0 aromatic heterocycles. The Morgan fingerprint density at radius 1 is 0.250 bits per heavy atom. The number of anilines is 3. The van der Waals surface area contributed by atoms with Gasteiger partial charge in [-0.15, -0.1) is 0 Å². The lowest BCUT2D eigenvalue weighted by Crippen LogP contribution is -2.25. The molecule has 3 heteroatoms. The molecule has 0 unspecified atom stereocenters. The fourth-order valence-electron chi connectivity index (χ4n) is 10.5. The van der Waals surface area contributed by atoms with E-state index in [1.54, 1.807) is 0 Å². The molecule has 0 N–H and O–H groups in total. The summed E-state index contributed by atoms with van der Waals surface area (Å²) in [6.45, 7) is 0. The third-order valence-electron chi connectivity index (χ3n) is 13.3. The summed E-state index contributed by atoms with van der Waals surface area (Å²) in [6, 6.07) is 84.8. The third kappa shape index (κ3) is 5.54. The van der Waals surface area contributed by atoms with Gasteiger partial charge in [-0.25, -0.2) is 0 Å². The number of hydrogen-bond donors (Lipinski definition) is 0. The summed E-state index contributed by atoms with van der Waals surface area (Å²) in [5, 5.41) is 0. The molecule has 0 fully saturated rings. The topological polar surface area (TPSA) is 21.7 Å². The zero-order valence-electron chi connectivity index (χ0n) is 34.8. The van der Waals surface area contributed by atoms with Crippen molar-refractivity contribution in [2.75, 3.05) is 4.90 Å². The van der Waals surface area contributed by atoms with Gasteiger partial charge in [-0.3, -0.25) is 0 Å². The molecule has 1 aliphatic heterocycles. The number of rotatable bonds is 6. The number of fused-ring (bicyclic) bond motifs is 12. The lowest BCUT2D eigenvalue weighted by atomic mass is 9.70. The first-order valence-corrected chi connectivity index (χ1v) is 21.9. The normalized spacial score (nSPS) is 13.1. The maximum absolute atomic E-state index is 7.02. The summed E-state index contributed by atoms with van der Waals surface area (Å²) in [5.41, 5.74) is 19.6. The summed E-state index contributed by atoms with van der Waals surface area (Å²) < 4.78 is 13.8. The van der Waals surface area contributed by atoms with Crippen molar-refractivity contribution < 1.29 is 9.47 Å². The minimum atomic E-state index is -0.478. The summed E-state index contributed by atoms with van der Waals surface area (Å²) in [6.07, 6.45) is 0. The molecular formula is C61H39NO2. The molecule has 10 aromatic carbocycles. The highest BCUT2D eigenvalue weighted by molar-refractivity contribution is 5.96. The van der Waals surface area contributed by atoms with Crippen LogP contribution in [0.25, 0.3) is 55.6 Å². The number of benzene rings is 10. The molecule has 64 heavy (non-hydrogen) atoms. The van der Waals surface area contributed by atoms with Gasteiger partial charge in [0.2, 0.25) is 0 Å². The van der Waals surface area contributed by atoms with Crippen LogP contribution in [0.4, 0.5) is 17.1 Å². The Labute approximate surface area is 372 Å². The lowest BCUT2D eigenvalue weighted by Gasteiger charge is -2.31. The van der Waals surface area contributed by atoms with Gasteiger partial charge >= 0.3 is 0 Å². The van der Waals surface area contributed by atoms with Crippen LogP contribution in [0.15, 0.2) is 237 Å². The van der Waals surface area contributed by atoms with Crippen molar-refractivity contribution in [2.24, 2.45) is 0 Å². The maximum Gasteiger partial charge on any atom is 0.172 e. The second-order valence-electron chi connectivity index (χ2n) is 16.8. The second kappa shape index (κ2) is 14.3. The van der Waals surface area contributed by atoms with Gasteiger partial charge in [0.1, 0.15) is 0 Å². The predicted molar refractivity (Wildman–Crippen MR) is 260 cm³/mol. The molecule has 0 radical (unpaired) electrons. The van der Waals surface area contributed by atoms with Crippen molar-refractivity contribution in [3.05, 3.63) is 259 Å². The summed E-state index contributed by atoms with van der Waals surface area (Å²) in [7, 11) is 0. The van der Waals surface area contributed by atoms with Gasteiger partial charge in [-0.05, 0) is 132 Å². The third-order valence-corrected chi connectivity index (χ3v) is 13.3. The van der Waals surface area contributed by atoms with Gasteiger partial charge in [0.05, 0.1) is 11.1 Å². The van der Waals surface area contributed by atoms with Crippen LogP contribution in [-0.4, -0.2) is 0 Å². The predicted octanol–water partition coefficient (Wildman–Crippen LogP) is 16.4. The summed E-state index contributed by atoms with van der Waals surface area (Å²) in [4.78, 5) is 2.30. The molecule has 1 heterocycles. The standard InChI is InChI=1S/C61H39NO2/c1-3-15-40(16-4-1)42-29-31-46(32-30-42)62(47-22-14-21-45(36-47)44-20-13-19-43(35-44)41-17-5-2-6-18-41)48-33-34-57-58(37-48)64-60-39-56-52(38-59(60)63-57)51-25-9-12-28-55(51)61(56)53-26-10-7-23-49(53)50-24-8-11-27-54(50)61/h1-39H. The van der Waals surface area contributed by atoms with Gasteiger partial charge in [0.25, 0.3) is 0 Å². The second-order valence-corrected chi connectivity index (χ2v) is 16.8. The molecule has 3 aliphatic rings. The lowest BCUT2D eigenvalue weighted by molar-refractivity contribution is 0.359. The van der Waals surface area contributed by atoms with Crippen LogP contribution in [0.1, 0.15) is 22.3 Å². The van der Waals surface area contributed by atoms with E-state index in [2.05, 4.69) is 235 Å². The van der Waals surface area contributed by atoms with Crippen LogP contribution < -0.4 is 14.4 Å². The van der Waals surface area contributed by atoms with Gasteiger partial charge in [0, 0.05) is 17.4 Å². The first-order chi connectivity index (χ1) is 31.7. The van der Waals surface area contributed by atoms with Crippen molar-refractivity contribution in [1.29, 1.82) is 0 Å². The van der Waals surface area contributed by atoms with E-state index in [9.17, 15) is 0 Å². The minimum Gasteiger partial charge on any atom is -0.449 e. The Morgan fingerprint density at radius 2 is 0.688 bits per heavy atom. The van der Waals surface area contributed by atoms with Gasteiger partial charge in [-0.1, -0.05) is 176 Å². The summed E-state index contributed by atoms with van der Waals surface area (Å²) in [5.74, 6) is 2.76. The molecule has 2 aliphatic carbocycles. The van der Waals surface area contributed by atoms with E-state index in [4.69, 9.17) is 9.47 Å². The highest BCUT2D eigenvalue weighted by Crippen LogP contribution is 2.64. The molecule has 0 bridgehead atoms. The van der Waals surface area contributed by atoms with Crippen molar-refractivity contribution in [1.82, 2.24) is 0 Å². The van der Waals surface area contributed by atoms with Gasteiger partial charge in [-0.2, -0.15) is 0 Å². The Bertz CT molecular complexity index is 3400. The molecule has 1 spiro atoms. The highest BCUT2D eigenvalue weighted by atomic mass is 16.6. The number of ether oxygens (including phenoxy) is 2. The van der Waals surface area contributed by atoms with Crippen LogP contribution in [0.2, 0.25) is 0 Å². The Kier molecular flexibility index (Phi) is 8.13. The van der Waals surface area contributed by atoms with Crippen LogP contribution in [0, 0.1) is 0 Å². The Hall–Kier alpha value is -8.40. The van der Waals surface area contributed by atoms with Crippen LogP contribution in [-0.2, 0) is 5.41 Å². The van der Waals surface area contributed by atoms with E-state index in [1.807, 2.05) is 6.07 Å². The molecule has 3 nitrogen and oxygen atoms in total. The maximum atomic E-state index is 7.02. The van der Waals surface area contributed by atoms with E-state index >= 15 is 0 Å². The van der Waals surface area contributed by atoms with Crippen LogP contribution >= 0.6 is 0 Å². The first kappa shape index (κ1) is 36.3. The Balaban J connectivity index is 0.925. The zero-order valence-corrected chi connectivity index (χ0v) is 34.8. The van der Waals surface area contributed by atoms with E-state index < -0.39 is 5.41 Å². The molecule has 0 saturated heterocycles. The summed E-state index contributed by atoms with van der Waals surface area (Å²) >= 11 is 0. The molecule has 0 saturated carbocycles. The smallest absolute Gasteiger partial charge is 0.172 e. The van der Waals surface area contributed by atoms with Crippen molar-refractivity contribution in [3.63, 3.8) is 0 Å². The van der Waals surface area contributed by atoms with Crippen LogP contribution in [0.5, 0.6) is 23.0 Å². The van der Waals surface area contributed by atoms with Crippen molar-refractivity contribution in [3.8, 4) is 78.6 Å². The molecular weight excluding hydrogens is 779 g/mol. The average molecular weight is 818 g/mol. The molecule has 0 amide bonds.